The summed E-state index contributed by atoms with van der Waals surface area (Å²) in [6, 6.07) is 9.41. The Kier molecular flexibility index (Phi) is 5.20. The predicted molar refractivity (Wildman–Crippen MR) is 81.2 cm³/mol. The molecule has 2 rings (SSSR count). The van der Waals surface area contributed by atoms with Crippen molar-refractivity contribution in [3.63, 3.8) is 0 Å². The van der Waals surface area contributed by atoms with E-state index in [1.165, 1.54) is 19.2 Å². The fourth-order valence-electron chi connectivity index (χ4n) is 1.67. The zero-order valence-electron chi connectivity index (χ0n) is 11.0. The summed E-state index contributed by atoms with van der Waals surface area (Å²) in [6.07, 6.45) is 0. The number of carbonyl (C=O) groups excluding carboxylic acids is 1. The van der Waals surface area contributed by atoms with Gasteiger partial charge in [0.2, 0.25) is 0 Å². The maximum Gasteiger partial charge on any atom is 0.340 e. The minimum Gasteiger partial charge on any atom is -0.487 e. The quantitative estimate of drug-likeness (QED) is 0.734. The second-order valence-corrected chi connectivity index (χ2v) is 5.49. The molecule has 6 heteroatoms. The largest absolute Gasteiger partial charge is 0.487 e. The maximum atomic E-state index is 13.8. The summed E-state index contributed by atoms with van der Waals surface area (Å²) < 4.78 is 24.6. The van der Waals surface area contributed by atoms with E-state index in [9.17, 15) is 9.18 Å². The van der Waals surface area contributed by atoms with Crippen LogP contribution in [0.5, 0.6) is 5.75 Å². The van der Waals surface area contributed by atoms with Crippen LogP contribution in [0.25, 0.3) is 0 Å². The molecule has 0 aliphatic rings. The van der Waals surface area contributed by atoms with E-state index >= 15 is 0 Å². The minimum atomic E-state index is -0.713. The van der Waals surface area contributed by atoms with Crippen LogP contribution in [0.4, 0.5) is 4.39 Å². The number of carbonyl (C=O) groups is 1. The molecule has 0 aliphatic heterocycles. The molecule has 0 unspecified atom stereocenters. The fourth-order valence-corrected chi connectivity index (χ4v) is 2.18. The number of rotatable bonds is 4. The molecule has 0 fully saturated rings. The van der Waals surface area contributed by atoms with Gasteiger partial charge in [-0.25, -0.2) is 9.18 Å². The zero-order chi connectivity index (χ0) is 15.4. The number of ether oxygens (including phenoxy) is 2. The number of hydrogen-bond acceptors (Lipinski definition) is 3. The van der Waals surface area contributed by atoms with Gasteiger partial charge in [-0.3, -0.25) is 0 Å². The number of halogens is 3. The predicted octanol–water partition coefficient (Wildman–Crippen LogP) is 4.61. The molecule has 0 atom stereocenters. The van der Waals surface area contributed by atoms with Crippen LogP contribution in [0, 0.1) is 5.82 Å². The van der Waals surface area contributed by atoms with E-state index in [0.717, 1.165) is 4.47 Å². The Morgan fingerprint density at radius 3 is 2.71 bits per heavy atom. The van der Waals surface area contributed by atoms with Crippen LogP contribution < -0.4 is 4.74 Å². The number of benzene rings is 2. The summed E-state index contributed by atoms with van der Waals surface area (Å²) in [5.41, 5.74) is 0.470. The molecule has 0 spiro atoms. The molecule has 0 N–H and O–H groups in total. The third kappa shape index (κ3) is 3.95. The van der Waals surface area contributed by atoms with Crippen LogP contribution in [-0.2, 0) is 11.3 Å². The summed E-state index contributed by atoms with van der Waals surface area (Å²) >= 11 is 9.32. The van der Waals surface area contributed by atoms with E-state index < -0.39 is 11.8 Å². The monoisotopic (exact) mass is 372 g/mol. The Morgan fingerprint density at radius 2 is 2.05 bits per heavy atom. The van der Waals surface area contributed by atoms with Crippen molar-refractivity contribution in [3.05, 3.63) is 62.8 Å². The van der Waals surface area contributed by atoms with Crippen molar-refractivity contribution in [2.45, 2.75) is 6.61 Å². The summed E-state index contributed by atoms with van der Waals surface area (Å²) in [5, 5.41) is 0.463. The highest BCUT2D eigenvalue weighted by atomic mass is 79.9. The average Bonchev–Trinajstić information content (AvgIpc) is 2.47. The van der Waals surface area contributed by atoms with Crippen LogP contribution in [0.15, 0.2) is 40.9 Å². The van der Waals surface area contributed by atoms with Crippen molar-refractivity contribution in [3.8, 4) is 5.75 Å². The molecule has 2 aromatic rings. The lowest BCUT2D eigenvalue weighted by molar-refractivity contribution is 0.0595. The Labute approximate surface area is 134 Å². The second-order valence-electron chi connectivity index (χ2n) is 4.17. The van der Waals surface area contributed by atoms with Crippen molar-refractivity contribution in [2.24, 2.45) is 0 Å². The van der Waals surface area contributed by atoms with Crippen LogP contribution in [-0.4, -0.2) is 13.1 Å². The van der Waals surface area contributed by atoms with Crippen LogP contribution in [0.3, 0.4) is 0 Å². The molecule has 0 saturated heterocycles. The first-order valence-corrected chi connectivity index (χ1v) is 7.13. The number of esters is 1. The van der Waals surface area contributed by atoms with Crippen molar-refractivity contribution < 1.29 is 18.7 Å². The first-order valence-electron chi connectivity index (χ1n) is 5.96. The lowest BCUT2D eigenvalue weighted by Gasteiger charge is -2.09. The van der Waals surface area contributed by atoms with Crippen molar-refractivity contribution in [1.29, 1.82) is 0 Å². The summed E-state index contributed by atoms with van der Waals surface area (Å²) in [4.78, 5) is 11.3. The second kappa shape index (κ2) is 6.91. The lowest BCUT2D eigenvalue weighted by atomic mass is 10.1. The standard InChI is InChI=1S/C15H11BrClFO3/c1-20-15(19)11-4-2-9(6-13(11)18)8-21-14-7-10(16)3-5-12(14)17/h2-7H,8H2,1H3. The van der Waals surface area contributed by atoms with Crippen molar-refractivity contribution in [2.75, 3.05) is 7.11 Å². The molecule has 0 aliphatic carbocycles. The van der Waals surface area contributed by atoms with Gasteiger partial charge in [-0.05, 0) is 35.9 Å². The van der Waals surface area contributed by atoms with Crippen LogP contribution >= 0.6 is 27.5 Å². The van der Waals surface area contributed by atoms with Gasteiger partial charge in [0.15, 0.2) is 0 Å². The Balaban J connectivity index is 2.12. The first kappa shape index (κ1) is 15.8. The third-order valence-electron chi connectivity index (χ3n) is 2.73. The molecular weight excluding hydrogens is 363 g/mol. The molecule has 2 aromatic carbocycles. The molecule has 21 heavy (non-hydrogen) atoms. The van der Waals surface area contributed by atoms with E-state index in [2.05, 4.69) is 20.7 Å². The van der Waals surface area contributed by atoms with Gasteiger partial charge in [-0.2, -0.15) is 0 Å². The topological polar surface area (TPSA) is 35.5 Å². The number of methoxy groups -OCH3 is 1. The van der Waals surface area contributed by atoms with E-state index in [-0.39, 0.29) is 12.2 Å². The van der Waals surface area contributed by atoms with Crippen LogP contribution in [0.2, 0.25) is 5.02 Å². The average molecular weight is 374 g/mol. The summed E-state index contributed by atoms with van der Waals surface area (Å²) in [6.45, 7) is 0.133. The molecule has 0 amide bonds. The van der Waals surface area contributed by atoms with Crippen molar-refractivity contribution in [1.82, 2.24) is 0 Å². The highest BCUT2D eigenvalue weighted by Crippen LogP contribution is 2.28. The highest BCUT2D eigenvalue weighted by molar-refractivity contribution is 9.10. The molecular formula is C15H11BrClFO3. The first-order chi connectivity index (χ1) is 10.0. The van der Waals surface area contributed by atoms with Gasteiger partial charge in [0, 0.05) is 4.47 Å². The molecule has 0 aromatic heterocycles. The van der Waals surface area contributed by atoms with E-state index in [1.54, 1.807) is 24.3 Å². The van der Waals surface area contributed by atoms with Crippen LogP contribution in [0.1, 0.15) is 15.9 Å². The fraction of sp³-hybridized carbons (Fsp3) is 0.133. The molecule has 110 valence electrons. The van der Waals surface area contributed by atoms with E-state index in [0.29, 0.717) is 16.3 Å². The molecule has 3 nitrogen and oxygen atoms in total. The highest BCUT2D eigenvalue weighted by Gasteiger charge is 2.12. The molecule has 0 saturated carbocycles. The van der Waals surface area contributed by atoms with Gasteiger partial charge in [0.1, 0.15) is 18.2 Å². The third-order valence-corrected chi connectivity index (χ3v) is 3.53. The van der Waals surface area contributed by atoms with E-state index in [1.807, 2.05) is 0 Å². The molecule has 0 bridgehead atoms. The SMILES string of the molecule is COC(=O)c1ccc(COc2cc(Br)ccc2Cl)cc1F. The minimum absolute atomic E-state index is 0.110. The van der Waals surface area contributed by atoms with E-state index in [4.69, 9.17) is 16.3 Å². The number of hydrogen-bond donors (Lipinski definition) is 0. The zero-order valence-corrected chi connectivity index (χ0v) is 13.4. The van der Waals surface area contributed by atoms with Gasteiger partial charge in [0.05, 0.1) is 17.7 Å². The Bertz CT molecular complexity index is 676. The van der Waals surface area contributed by atoms with Gasteiger partial charge >= 0.3 is 5.97 Å². The molecule has 0 heterocycles. The van der Waals surface area contributed by atoms with Gasteiger partial charge in [-0.1, -0.05) is 33.6 Å². The van der Waals surface area contributed by atoms with Gasteiger partial charge in [0.25, 0.3) is 0 Å². The summed E-state index contributed by atoms with van der Waals surface area (Å²) in [7, 11) is 1.20. The molecule has 0 radical (unpaired) electrons. The van der Waals surface area contributed by atoms with Crippen molar-refractivity contribution >= 4 is 33.5 Å². The Hall–Kier alpha value is -1.59. The Morgan fingerprint density at radius 1 is 1.29 bits per heavy atom. The maximum absolute atomic E-state index is 13.8. The summed E-state index contributed by atoms with van der Waals surface area (Å²) in [5.74, 6) is -0.873. The smallest absolute Gasteiger partial charge is 0.340 e. The lowest BCUT2D eigenvalue weighted by Crippen LogP contribution is -2.05. The normalized spacial score (nSPS) is 10.3. The van der Waals surface area contributed by atoms with Gasteiger partial charge in [-0.15, -0.1) is 0 Å². The van der Waals surface area contributed by atoms with Gasteiger partial charge < -0.3 is 9.47 Å².